The van der Waals surface area contributed by atoms with Crippen LogP contribution in [-0.2, 0) is 11.8 Å². The molecular weight excluding hydrogens is 375 g/mol. The highest BCUT2D eigenvalue weighted by atomic mass is 35.5. The van der Waals surface area contributed by atoms with Crippen molar-refractivity contribution in [2.45, 2.75) is 18.9 Å². The van der Waals surface area contributed by atoms with Gasteiger partial charge in [-0.25, -0.2) is 9.07 Å². The van der Waals surface area contributed by atoms with Gasteiger partial charge < -0.3 is 15.0 Å². The van der Waals surface area contributed by atoms with Gasteiger partial charge in [-0.2, -0.15) is 5.10 Å². The summed E-state index contributed by atoms with van der Waals surface area (Å²) in [4.78, 5) is 25.6. The molecule has 1 aromatic carbocycles. The van der Waals surface area contributed by atoms with Crippen molar-refractivity contribution in [2.75, 3.05) is 25.0 Å². The first kappa shape index (κ1) is 19.2. The van der Waals surface area contributed by atoms with Gasteiger partial charge in [-0.3, -0.25) is 9.59 Å². The molecule has 1 aliphatic rings. The lowest BCUT2D eigenvalue weighted by atomic mass is 10.1. The number of benzene rings is 1. The number of ether oxygens (including phenoxy) is 1. The number of anilines is 1. The maximum absolute atomic E-state index is 13.3. The van der Waals surface area contributed by atoms with Crippen molar-refractivity contribution in [2.24, 2.45) is 7.05 Å². The van der Waals surface area contributed by atoms with Gasteiger partial charge in [0.1, 0.15) is 17.7 Å². The van der Waals surface area contributed by atoms with Crippen LogP contribution in [0.25, 0.3) is 0 Å². The Kier molecular flexibility index (Phi) is 5.95. The quantitative estimate of drug-likeness (QED) is 0.840. The number of nitrogens with one attached hydrogen (secondary N) is 1. The standard InChI is InChI=1S/C18H20ClFN4O3/c1-23-17(25)9-13(10-22-23)21-11-18(26)24-6-4-14(5-7-24)27-16-8-12(20)2-3-15(16)19/h2-3,8-10,14,21H,4-7,11H2,1H3. The number of halogens is 2. The van der Waals surface area contributed by atoms with Gasteiger partial charge in [0, 0.05) is 45.1 Å². The van der Waals surface area contributed by atoms with Crippen molar-refractivity contribution in [3.05, 3.63) is 51.7 Å². The first-order chi connectivity index (χ1) is 12.9. The molecule has 0 radical (unpaired) electrons. The van der Waals surface area contributed by atoms with E-state index in [1.165, 1.54) is 35.1 Å². The van der Waals surface area contributed by atoms with Crippen molar-refractivity contribution in [1.29, 1.82) is 0 Å². The predicted octanol–water partition coefficient (Wildman–Crippen LogP) is 2.05. The summed E-state index contributed by atoms with van der Waals surface area (Å²) < 4.78 is 20.3. The lowest BCUT2D eigenvalue weighted by Crippen LogP contribution is -2.44. The number of piperidine rings is 1. The van der Waals surface area contributed by atoms with Gasteiger partial charge in [-0.05, 0) is 12.1 Å². The van der Waals surface area contributed by atoms with Gasteiger partial charge in [0.05, 0.1) is 23.5 Å². The fourth-order valence-electron chi connectivity index (χ4n) is 2.83. The van der Waals surface area contributed by atoms with Crippen LogP contribution in [0.1, 0.15) is 12.8 Å². The van der Waals surface area contributed by atoms with Gasteiger partial charge >= 0.3 is 0 Å². The molecule has 0 atom stereocenters. The summed E-state index contributed by atoms with van der Waals surface area (Å²) in [6.45, 7) is 1.15. The van der Waals surface area contributed by atoms with Crippen LogP contribution in [0, 0.1) is 5.82 Å². The Balaban J connectivity index is 1.48. The molecule has 144 valence electrons. The molecule has 0 saturated carbocycles. The molecular formula is C18H20ClFN4O3. The van der Waals surface area contributed by atoms with Crippen LogP contribution in [0.3, 0.4) is 0 Å². The second kappa shape index (κ2) is 8.39. The fourth-order valence-corrected chi connectivity index (χ4v) is 2.99. The zero-order chi connectivity index (χ0) is 19.4. The Morgan fingerprint density at radius 3 is 2.81 bits per heavy atom. The Bertz CT molecular complexity index is 881. The number of rotatable bonds is 5. The van der Waals surface area contributed by atoms with E-state index >= 15 is 0 Å². The highest BCUT2D eigenvalue weighted by Gasteiger charge is 2.24. The number of carbonyl (C=O) groups excluding carboxylic acids is 1. The monoisotopic (exact) mass is 394 g/mol. The van der Waals surface area contributed by atoms with Gasteiger partial charge in [-0.15, -0.1) is 0 Å². The molecule has 2 aromatic rings. The summed E-state index contributed by atoms with van der Waals surface area (Å²) in [5.74, 6) is -0.155. The Labute approximate surface area is 160 Å². The molecule has 0 unspecified atom stereocenters. The molecule has 1 aromatic heterocycles. The minimum absolute atomic E-state index is 0.0714. The molecule has 0 bridgehead atoms. The van der Waals surface area contributed by atoms with Crippen LogP contribution in [0.4, 0.5) is 10.1 Å². The summed E-state index contributed by atoms with van der Waals surface area (Å²) in [6, 6.07) is 5.40. The molecule has 1 saturated heterocycles. The molecule has 7 nitrogen and oxygen atoms in total. The minimum atomic E-state index is -0.404. The van der Waals surface area contributed by atoms with Crippen molar-refractivity contribution in [3.63, 3.8) is 0 Å². The molecule has 1 aliphatic heterocycles. The minimum Gasteiger partial charge on any atom is -0.489 e. The van der Waals surface area contributed by atoms with E-state index in [2.05, 4.69) is 10.4 Å². The number of hydrogen-bond acceptors (Lipinski definition) is 5. The molecule has 0 spiro atoms. The van der Waals surface area contributed by atoms with Crippen molar-refractivity contribution >= 4 is 23.2 Å². The van der Waals surface area contributed by atoms with Crippen LogP contribution in [0.2, 0.25) is 5.02 Å². The van der Waals surface area contributed by atoms with E-state index in [1.807, 2.05) is 0 Å². The molecule has 1 fully saturated rings. The van der Waals surface area contributed by atoms with Gasteiger partial charge in [0.15, 0.2) is 0 Å². The first-order valence-corrected chi connectivity index (χ1v) is 8.97. The van der Waals surface area contributed by atoms with Gasteiger partial charge in [0.25, 0.3) is 5.56 Å². The van der Waals surface area contributed by atoms with Gasteiger partial charge in [0.2, 0.25) is 5.91 Å². The third-order valence-electron chi connectivity index (χ3n) is 4.39. The topological polar surface area (TPSA) is 76.5 Å². The molecule has 1 N–H and O–H groups in total. The van der Waals surface area contributed by atoms with E-state index in [0.717, 1.165) is 0 Å². The summed E-state index contributed by atoms with van der Waals surface area (Å²) in [6.07, 6.45) is 2.64. The molecule has 3 rings (SSSR count). The van der Waals surface area contributed by atoms with E-state index in [0.29, 0.717) is 42.4 Å². The number of nitrogens with zero attached hydrogens (tertiary/aromatic N) is 3. The average molecular weight is 395 g/mol. The van der Waals surface area contributed by atoms with E-state index < -0.39 is 5.82 Å². The molecule has 2 heterocycles. The zero-order valence-electron chi connectivity index (χ0n) is 14.8. The summed E-state index contributed by atoms with van der Waals surface area (Å²) >= 11 is 6.02. The van der Waals surface area contributed by atoms with Crippen molar-refractivity contribution in [3.8, 4) is 5.75 Å². The van der Waals surface area contributed by atoms with Crippen LogP contribution in [0.15, 0.2) is 35.3 Å². The Morgan fingerprint density at radius 1 is 1.37 bits per heavy atom. The largest absolute Gasteiger partial charge is 0.489 e. The fraction of sp³-hybridized carbons (Fsp3) is 0.389. The SMILES string of the molecule is Cn1ncc(NCC(=O)N2CCC(Oc3cc(F)ccc3Cl)CC2)cc1=O. The molecule has 27 heavy (non-hydrogen) atoms. The van der Waals surface area contributed by atoms with Crippen LogP contribution >= 0.6 is 11.6 Å². The summed E-state index contributed by atoms with van der Waals surface area (Å²) in [5.41, 5.74) is 0.256. The Hall–Kier alpha value is -2.61. The normalized spacial score (nSPS) is 14.9. The van der Waals surface area contributed by atoms with Crippen LogP contribution in [0.5, 0.6) is 5.75 Å². The maximum Gasteiger partial charge on any atom is 0.268 e. The summed E-state index contributed by atoms with van der Waals surface area (Å²) in [7, 11) is 1.56. The third kappa shape index (κ3) is 4.97. The average Bonchev–Trinajstić information content (AvgIpc) is 2.66. The smallest absolute Gasteiger partial charge is 0.268 e. The van der Waals surface area contributed by atoms with E-state index in [-0.39, 0.29) is 24.1 Å². The van der Waals surface area contributed by atoms with E-state index in [9.17, 15) is 14.0 Å². The van der Waals surface area contributed by atoms with Gasteiger partial charge in [-0.1, -0.05) is 11.6 Å². The number of aromatic nitrogens is 2. The predicted molar refractivity (Wildman–Crippen MR) is 99.6 cm³/mol. The van der Waals surface area contributed by atoms with Crippen molar-refractivity contribution in [1.82, 2.24) is 14.7 Å². The molecule has 0 aliphatic carbocycles. The maximum atomic E-state index is 13.3. The van der Waals surface area contributed by atoms with E-state index in [4.69, 9.17) is 16.3 Å². The lowest BCUT2D eigenvalue weighted by Gasteiger charge is -2.32. The second-order valence-electron chi connectivity index (χ2n) is 6.33. The van der Waals surface area contributed by atoms with E-state index in [1.54, 1.807) is 11.9 Å². The zero-order valence-corrected chi connectivity index (χ0v) is 15.6. The summed E-state index contributed by atoms with van der Waals surface area (Å²) in [5, 5.41) is 7.17. The first-order valence-electron chi connectivity index (χ1n) is 8.59. The number of hydrogen-bond donors (Lipinski definition) is 1. The highest BCUT2D eigenvalue weighted by molar-refractivity contribution is 6.32. The van der Waals surface area contributed by atoms with Crippen LogP contribution < -0.4 is 15.6 Å². The van der Waals surface area contributed by atoms with Crippen molar-refractivity contribution < 1.29 is 13.9 Å². The molecule has 9 heteroatoms. The number of aryl methyl sites for hydroxylation is 1. The lowest BCUT2D eigenvalue weighted by molar-refractivity contribution is -0.131. The number of amides is 1. The second-order valence-corrected chi connectivity index (χ2v) is 6.74. The highest BCUT2D eigenvalue weighted by Crippen LogP contribution is 2.28. The Morgan fingerprint density at radius 2 is 2.11 bits per heavy atom. The van der Waals surface area contributed by atoms with Crippen LogP contribution in [-0.4, -0.2) is 46.3 Å². The third-order valence-corrected chi connectivity index (χ3v) is 4.71. The number of carbonyl (C=O) groups is 1. The number of likely N-dealkylation sites (tertiary alicyclic amines) is 1. The molecule has 1 amide bonds.